The lowest BCUT2D eigenvalue weighted by Crippen LogP contribution is -2.50. The second kappa shape index (κ2) is 6.90. The first kappa shape index (κ1) is 17.4. The van der Waals surface area contributed by atoms with Gasteiger partial charge in [-0.25, -0.2) is 0 Å². The molecule has 0 heterocycles. The number of carbonyl (C=O) groups is 1. The van der Waals surface area contributed by atoms with Crippen molar-refractivity contribution in [2.45, 2.75) is 58.2 Å². The van der Waals surface area contributed by atoms with Gasteiger partial charge in [-0.05, 0) is 34.8 Å². The summed E-state index contributed by atoms with van der Waals surface area (Å²) in [6.45, 7) is 13.5. The number of benzene rings is 1. The molecule has 0 saturated carbocycles. The fraction of sp³-hybridized carbons (Fsp3) is 0.562. The summed E-state index contributed by atoms with van der Waals surface area (Å²) < 4.78 is 7.35. The Hall–Kier alpha value is -0.613. The zero-order valence-electron chi connectivity index (χ0n) is 13.2. The molecule has 4 heteroatoms. The molecule has 0 aromatic heterocycles. The highest BCUT2D eigenvalue weighted by atomic mass is 79.9. The van der Waals surface area contributed by atoms with E-state index in [4.69, 9.17) is 4.43 Å². The Morgan fingerprint density at radius 1 is 1.05 bits per heavy atom. The van der Waals surface area contributed by atoms with Crippen LogP contribution >= 0.6 is 15.9 Å². The maximum absolute atomic E-state index is 11.1. The third-order valence-corrected chi connectivity index (χ3v) is 10.8. The lowest BCUT2D eigenvalue weighted by atomic mass is 10.2. The molecule has 0 fully saturated rings. The zero-order valence-corrected chi connectivity index (χ0v) is 15.8. The summed E-state index contributed by atoms with van der Waals surface area (Å²) in [4.78, 5) is 11.1. The molecule has 0 saturated heterocycles. The van der Waals surface area contributed by atoms with E-state index in [2.05, 4.69) is 57.5 Å². The summed E-state index contributed by atoms with van der Waals surface area (Å²) in [5.74, 6) is 0.818. The minimum atomic E-state index is -1.95. The van der Waals surface area contributed by atoms with Crippen LogP contribution < -0.4 is 4.43 Å². The Bertz CT molecular complexity index is 448. The van der Waals surface area contributed by atoms with E-state index >= 15 is 0 Å². The first-order valence-electron chi connectivity index (χ1n) is 7.19. The molecule has 0 N–H and O–H groups in total. The van der Waals surface area contributed by atoms with E-state index in [1.807, 2.05) is 18.2 Å². The van der Waals surface area contributed by atoms with Gasteiger partial charge < -0.3 is 4.43 Å². The van der Waals surface area contributed by atoms with E-state index in [0.29, 0.717) is 22.2 Å². The van der Waals surface area contributed by atoms with Gasteiger partial charge in [-0.15, -0.1) is 0 Å². The number of halogens is 1. The molecule has 20 heavy (non-hydrogen) atoms. The van der Waals surface area contributed by atoms with Gasteiger partial charge in [0.25, 0.3) is 8.32 Å². The number of carbonyl (C=O) groups excluding carboxylic acids is 1. The molecule has 0 aliphatic rings. The van der Waals surface area contributed by atoms with Crippen molar-refractivity contribution in [1.82, 2.24) is 0 Å². The topological polar surface area (TPSA) is 26.3 Å². The zero-order chi connectivity index (χ0) is 15.5. The molecule has 0 atom stereocenters. The van der Waals surface area contributed by atoms with E-state index in [1.54, 1.807) is 0 Å². The number of aldehydes is 1. The van der Waals surface area contributed by atoms with Crippen molar-refractivity contribution >= 4 is 30.5 Å². The summed E-state index contributed by atoms with van der Waals surface area (Å²) >= 11 is 3.38. The molecule has 1 aromatic rings. The molecule has 0 amide bonds. The van der Waals surface area contributed by atoms with Crippen molar-refractivity contribution in [2.24, 2.45) is 0 Å². The van der Waals surface area contributed by atoms with Gasteiger partial charge in [0.2, 0.25) is 0 Å². The molecule has 0 unspecified atom stereocenters. The molecular formula is C16H25BrO2Si. The van der Waals surface area contributed by atoms with Gasteiger partial charge >= 0.3 is 0 Å². The first-order chi connectivity index (χ1) is 9.25. The first-order valence-corrected chi connectivity index (χ1v) is 10.1. The van der Waals surface area contributed by atoms with Crippen LogP contribution in [-0.4, -0.2) is 14.6 Å². The van der Waals surface area contributed by atoms with Crippen molar-refractivity contribution in [3.05, 3.63) is 28.2 Å². The van der Waals surface area contributed by atoms with Crippen LogP contribution in [0.5, 0.6) is 5.75 Å². The van der Waals surface area contributed by atoms with Gasteiger partial charge in [0.05, 0.1) is 0 Å². The van der Waals surface area contributed by atoms with Crippen molar-refractivity contribution in [2.75, 3.05) is 0 Å². The van der Waals surface area contributed by atoms with E-state index < -0.39 is 8.32 Å². The summed E-state index contributed by atoms with van der Waals surface area (Å²) in [5.41, 5.74) is 2.20. The highest BCUT2D eigenvalue weighted by molar-refractivity contribution is 9.10. The highest BCUT2D eigenvalue weighted by Gasteiger charge is 2.46. The lowest BCUT2D eigenvalue weighted by Gasteiger charge is -2.42. The predicted molar refractivity (Wildman–Crippen MR) is 91.2 cm³/mol. The van der Waals surface area contributed by atoms with Crippen molar-refractivity contribution < 1.29 is 9.22 Å². The summed E-state index contributed by atoms with van der Waals surface area (Å²) in [6, 6.07) is 5.68. The Labute approximate surface area is 132 Å². The van der Waals surface area contributed by atoms with E-state index in [0.717, 1.165) is 16.5 Å². The Kier molecular flexibility index (Phi) is 6.01. The molecule has 0 aliphatic heterocycles. The fourth-order valence-corrected chi connectivity index (χ4v) is 8.82. The van der Waals surface area contributed by atoms with Crippen LogP contribution in [0.3, 0.4) is 0 Å². The monoisotopic (exact) mass is 356 g/mol. The molecule has 1 aromatic carbocycles. The van der Waals surface area contributed by atoms with Gasteiger partial charge in [-0.2, -0.15) is 0 Å². The van der Waals surface area contributed by atoms with Crippen LogP contribution in [0, 0.1) is 0 Å². The smallest absolute Gasteiger partial charge is 0.258 e. The predicted octanol–water partition coefficient (Wildman–Crippen LogP) is 5.82. The Morgan fingerprint density at radius 3 is 1.95 bits per heavy atom. The third kappa shape index (κ3) is 3.34. The minimum Gasteiger partial charge on any atom is -0.543 e. The molecular weight excluding hydrogens is 332 g/mol. The van der Waals surface area contributed by atoms with E-state index in [1.165, 1.54) is 0 Å². The minimum absolute atomic E-state index is 0.519. The van der Waals surface area contributed by atoms with E-state index in [-0.39, 0.29) is 0 Å². The van der Waals surface area contributed by atoms with Gasteiger partial charge in [-0.1, -0.05) is 57.5 Å². The maximum Gasteiger partial charge on any atom is 0.258 e. The number of hydrogen-bond acceptors (Lipinski definition) is 2. The maximum atomic E-state index is 11.1. The van der Waals surface area contributed by atoms with Gasteiger partial charge in [0.15, 0.2) is 6.29 Å². The van der Waals surface area contributed by atoms with Crippen LogP contribution in [0.4, 0.5) is 0 Å². The normalized spacial score (nSPS) is 12.3. The molecule has 112 valence electrons. The van der Waals surface area contributed by atoms with Crippen molar-refractivity contribution in [3.63, 3.8) is 0 Å². The molecule has 0 spiro atoms. The number of hydrogen-bond donors (Lipinski definition) is 0. The van der Waals surface area contributed by atoms with Crippen LogP contribution in [0.25, 0.3) is 0 Å². The second-order valence-corrected chi connectivity index (χ2v) is 12.5. The molecule has 2 nitrogen and oxygen atoms in total. The molecule has 1 rings (SSSR count). The van der Waals surface area contributed by atoms with Crippen molar-refractivity contribution in [3.8, 4) is 5.75 Å². The average molecular weight is 357 g/mol. The molecule has 0 aliphatic carbocycles. The third-order valence-electron chi connectivity index (χ3n) is 4.10. The summed E-state index contributed by atoms with van der Waals surface area (Å²) in [5, 5.41) is 0. The van der Waals surface area contributed by atoms with Crippen LogP contribution in [0.15, 0.2) is 22.7 Å². The SMILES string of the molecule is CC(C)[Si](Oc1ccc(Br)c(C=O)c1)(C(C)C)C(C)C. The highest BCUT2D eigenvalue weighted by Crippen LogP contribution is 2.43. The van der Waals surface area contributed by atoms with Crippen LogP contribution in [0.2, 0.25) is 16.6 Å². The summed E-state index contributed by atoms with van der Waals surface area (Å²) in [6.07, 6.45) is 0.861. The molecule has 0 bridgehead atoms. The largest absolute Gasteiger partial charge is 0.543 e. The van der Waals surface area contributed by atoms with E-state index in [9.17, 15) is 4.79 Å². The quantitative estimate of drug-likeness (QED) is 0.474. The second-order valence-electron chi connectivity index (χ2n) is 6.22. The Morgan fingerprint density at radius 2 is 1.55 bits per heavy atom. The standard InChI is InChI=1S/C16H25BrO2Si/c1-11(2)20(12(3)4,13(5)6)19-15-7-8-16(17)14(9-15)10-18/h7-13H,1-6H3. The lowest BCUT2D eigenvalue weighted by molar-refractivity contribution is 0.112. The van der Waals surface area contributed by atoms with Gasteiger partial charge in [0, 0.05) is 10.0 Å². The molecule has 0 radical (unpaired) electrons. The Balaban J connectivity index is 3.23. The van der Waals surface area contributed by atoms with Crippen LogP contribution in [-0.2, 0) is 0 Å². The van der Waals surface area contributed by atoms with Gasteiger partial charge in [-0.3, -0.25) is 4.79 Å². The summed E-state index contributed by atoms with van der Waals surface area (Å²) in [7, 11) is -1.95. The fourth-order valence-electron chi connectivity index (χ4n) is 3.23. The van der Waals surface area contributed by atoms with Gasteiger partial charge in [0.1, 0.15) is 5.75 Å². The number of rotatable bonds is 6. The van der Waals surface area contributed by atoms with Crippen molar-refractivity contribution in [1.29, 1.82) is 0 Å². The average Bonchev–Trinajstić information content (AvgIpc) is 2.36. The van der Waals surface area contributed by atoms with Crippen LogP contribution in [0.1, 0.15) is 51.9 Å².